The quantitative estimate of drug-likeness (QED) is 0.575. The summed E-state index contributed by atoms with van der Waals surface area (Å²) < 4.78 is 16.3. The van der Waals surface area contributed by atoms with Crippen molar-refractivity contribution in [3.8, 4) is 11.5 Å². The molecule has 0 radical (unpaired) electrons. The van der Waals surface area contributed by atoms with Gasteiger partial charge in [-0.25, -0.2) is 0 Å². The SMILES string of the molecule is COCCOc1ccc(C(C)N2CCC(O)(c3ccc(Cl)c(OC)c3)CC2)c(C)c1C. The van der Waals surface area contributed by atoms with Gasteiger partial charge in [-0.05, 0) is 74.1 Å². The van der Waals surface area contributed by atoms with Crippen molar-refractivity contribution in [1.82, 2.24) is 4.90 Å². The average molecular weight is 448 g/mol. The van der Waals surface area contributed by atoms with Crippen molar-refractivity contribution in [1.29, 1.82) is 0 Å². The van der Waals surface area contributed by atoms with Gasteiger partial charge in [-0.15, -0.1) is 0 Å². The predicted molar refractivity (Wildman–Crippen MR) is 124 cm³/mol. The molecule has 5 nitrogen and oxygen atoms in total. The minimum atomic E-state index is -0.863. The minimum Gasteiger partial charge on any atom is -0.495 e. The van der Waals surface area contributed by atoms with E-state index in [4.69, 9.17) is 25.8 Å². The zero-order chi connectivity index (χ0) is 22.6. The van der Waals surface area contributed by atoms with E-state index in [0.717, 1.165) is 24.4 Å². The Balaban J connectivity index is 1.70. The smallest absolute Gasteiger partial charge is 0.137 e. The summed E-state index contributed by atoms with van der Waals surface area (Å²) in [5.74, 6) is 1.51. The number of benzene rings is 2. The van der Waals surface area contributed by atoms with E-state index in [2.05, 4.69) is 37.8 Å². The summed E-state index contributed by atoms with van der Waals surface area (Å²) in [5.41, 5.74) is 3.73. The molecule has 2 aromatic carbocycles. The molecule has 1 atom stereocenters. The van der Waals surface area contributed by atoms with Crippen LogP contribution >= 0.6 is 11.6 Å². The van der Waals surface area contributed by atoms with Gasteiger partial charge < -0.3 is 19.3 Å². The highest BCUT2D eigenvalue weighted by Crippen LogP contribution is 2.39. The van der Waals surface area contributed by atoms with Crippen LogP contribution in [0.1, 0.15) is 48.1 Å². The van der Waals surface area contributed by atoms with Crippen LogP contribution in [-0.4, -0.2) is 50.5 Å². The molecule has 6 heteroatoms. The standard InChI is InChI=1S/C25H34ClNO4/c1-17-18(2)23(31-15-14-29-4)9-7-21(17)19(3)27-12-10-25(28,11-13-27)20-6-8-22(26)24(16-20)30-5/h6-9,16,19,28H,10-15H2,1-5H3. The molecule has 31 heavy (non-hydrogen) atoms. The van der Waals surface area contributed by atoms with Crippen molar-refractivity contribution in [2.45, 2.75) is 45.3 Å². The number of piperidine rings is 1. The maximum Gasteiger partial charge on any atom is 0.137 e. The van der Waals surface area contributed by atoms with Gasteiger partial charge in [-0.1, -0.05) is 23.7 Å². The van der Waals surface area contributed by atoms with Crippen LogP contribution in [-0.2, 0) is 10.3 Å². The Labute approximate surface area is 190 Å². The minimum absolute atomic E-state index is 0.260. The summed E-state index contributed by atoms with van der Waals surface area (Å²) in [6.07, 6.45) is 1.33. The van der Waals surface area contributed by atoms with Gasteiger partial charge in [0.15, 0.2) is 0 Å². The van der Waals surface area contributed by atoms with Gasteiger partial charge in [-0.2, -0.15) is 0 Å². The predicted octanol–water partition coefficient (Wildman–Crippen LogP) is 5.04. The highest BCUT2D eigenvalue weighted by atomic mass is 35.5. The van der Waals surface area contributed by atoms with Gasteiger partial charge in [-0.3, -0.25) is 4.90 Å². The van der Waals surface area contributed by atoms with E-state index in [9.17, 15) is 5.11 Å². The second-order valence-corrected chi connectivity index (χ2v) is 8.74. The molecule has 1 aliphatic rings. The molecule has 0 saturated carbocycles. The molecular weight excluding hydrogens is 414 g/mol. The van der Waals surface area contributed by atoms with Gasteiger partial charge in [0.2, 0.25) is 0 Å². The lowest BCUT2D eigenvalue weighted by molar-refractivity contribution is -0.0345. The fraction of sp³-hybridized carbons (Fsp3) is 0.520. The van der Waals surface area contributed by atoms with Crippen LogP contribution in [0.3, 0.4) is 0 Å². The summed E-state index contributed by atoms with van der Waals surface area (Å²) in [6, 6.07) is 10.0. The third kappa shape index (κ3) is 5.17. The first-order chi connectivity index (χ1) is 14.8. The Hall–Kier alpha value is -1.79. The van der Waals surface area contributed by atoms with Crippen LogP contribution in [0.25, 0.3) is 0 Å². The van der Waals surface area contributed by atoms with Crippen molar-refractivity contribution >= 4 is 11.6 Å². The Morgan fingerprint density at radius 1 is 1.03 bits per heavy atom. The van der Waals surface area contributed by atoms with E-state index in [1.807, 2.05) is 12.1 Å². The third-order valence-corrected chi connectivity index (χ3v) is 6.95. The lowest BCUT2D eigenvalue weighted by Gasteiger charge is -2.41. The fourth-order valence-electron chi connectivity index (χ4n) is 4.38. The van der Waals surface area contributed by atoms with E-state index >= 15 is 0 Å². The highest BCUT2D eigenvalue weighted by Gasteiger charge is 2.36. The Morgan fingerprint density at radius 3 is 2.39 bits per heavy atom. The van der Waals surface area contributed by atoms with E-state index in [1.165, 1.54) is 16.7 Å². The number of aliphatic hydroxyl groups is 1. The molecule has 0 aliphatic carbocycles. The molecule has 1 aliphatic heterocycles. The number of hydrogen-bond donors (Lipinski definition) is 1. The van der Waals surface area contributed by atoms with Gasteiger partial charge in [0.1, 0.15) is 18.1 Å². The second kappa shape index (κ2) is 10.2. The number of likely N-dealkylation sites (tertiary alicyclic amines) is 1. The van der Waals surface area contributed by atoms with Gasteiger partial charge >= 0.3 is 0 Å². The van der Waals surface area contributed by atoms with E-state index < -0.39 is 5.60 Å². The molecule has 3 rings (SSSR count). The lowest BCUT2D eigenvalue weighted by Crippen LogP contribution is -2.43. The summed E-state index contributed by atoms with van der Waals surface area (Å²) >= 11 is 6.16. The van der Waals surface area contributed by atoms with Crippen molar-refractivity contribution in [3.63, 3.8) is 0 Å². The Morgan fingerprint density at radius 2 is 1.74 bits per heavy atom. The molecule has 0 amide bonds. The van der Waals surface area contributed by atoms with Gasteiger partial charge in [0.05, 0.1) is 24.3 Å². The summed E-state index contributed by atoms with van der Waals surface area (Å²) in [7, 11) is 3.27. The molecule has 1 unspecified atom stereocenters. The van der Waals surface area contributed by atoms with Crippen LogP contribution in [0.5, 0.6) is 11.5 Å². The second-order valence-electron chi connectivity index (χ2n) is 8.34. The first-order valence-electron chi connectivity index (χ1n) is 10.8. The highest BCUT2D eigenvalue weighted by molar-refractivity contribution is 6.32. The van der Waals surface area contributed by atoms with Crippen LogP contribution in [0.4, 0.5) is 0 Å². The molecule has 1 fully saturated rings. The van der Waals surface area contributed by atoms with Gasteiger partial charge in [0, 0.05) is 26.2 Å². The number of nitrogens with zero attached hydrogens (tertiary/aromatic N) is 1. The van der Waals surface area contributed by atoms with Crippen molar-refractivity contribution in [2.24, 2.45) is 0 Å². The summed E-state index contributed by atoms with van der Waals surface area (Å²) in [5, 5.41) is 11.9. The molecule has 1 heterocycles. The molecular formula is C25H34ClNO4. The van der Waals surface area contributed by atoms with Crippen molar-refractivity contribution in [2.75, 3.05) is 40.5 Å². The zero-order valence-electron chi connectivity index (χ0n) is 19.2. The molecule has 2 aromatic rings. The zero-order valence-corrected chi connectivity index (χ0v) is 20.0. The Kier molecular flexibility index (Phi) is 7.87. The van der Waals surface area contributed by atoms with Crippen molar-refractivity contribution < 1.29 is 19.3 Å². The largest absolute Gasteiger partial charge is 0.495 e. The molecule has 1 N–H and O–H groups in total. The molecule has 170 valence electrons. The number of halogens is 1. The van der Waals surface area contributed by atoms with Crippen LogP contribution in [0.15, 0.2) is 30.3 Å². The molecule has 0 bridgehead atoms. The number of rotatable bonds is 8. The van der Waals surface area contributed by atoms with Crippen LogP contribution in [0.2, 0.25) is 5.02 Å². The van der Waals surface area contributed by atoms with Crippen LogP contribution in [0, 0.1) is 13.8 Å². The first-order valence-corrected chi connectivity index (χ1v) is 11.2. The third-order valence-electron chi connectivity index (χ3n) is 6.64. The van der Waals surface area contributed by atoms with E-state index in [1.54, 1.807) is 20.3 Å². The number of methoxy groups -OCH3 is 2. The topological polar surface area (TPSA) is 51.2 Å². The maximum atomic E-state index is 11.3. The summed E-state index contributed by atoms with van der Waals surface area (Å²) in [4.78, 5) is 2.44. The fourth-order valence-corrected chi connectivity index (χ4v) is 4.57. The monoisotopic (exact) mass is 447 g/mol. The molecule has 0 aromatic heterocycles. The molecule has 1 saturated heterocycles. The first kappa shape index (κ1) is 23.9. The Bertz CT molecular complexity index is 893. The van der Waals surface area contributed by atoms with Crippen molar-refractivity contribution in [3.05, 3.63) is 57.6 Å². The number of ether oxygens (including phenoxy) is 3. The lowest BCUT2D eigenvalue weighted by atomic mass is 9.83. The average Bonchev–Trinajstić information content (AvgIpc) is 2.77. The number of hydrogen-bond acceptors (Lipinski definition) is 5. The van der Waals surface area contributed by atoms with E-state index in [0.29, 0.717) is 36.8 Å². The van der Waals surface area contributed by atoms with E-state index in [-0.39, 0.29) is 6.04 Å². The summed E-state index contributed by atoms with van der Waals surface area (Å²) in [6.45, 7) is 9.25. The molecule has 0 spiro atoms. The normalized spacial score (nSPS) is 17.4. The van der Waals surface area contributed by atoms with Crippen LogP contribution < -0.4 is 9.47 Å². The maximum absolute atomic E-state index is 11.3. The van der Waals surface area contributed by atoms with Gasteiger partial charge in [0.25, 0.3) is 0 Å².